The van der Waals surface area contributed by atoms with Gasteiger partial charge in [-0.2, -0.15) is 0 Å². The van der Waals surface area contributed by atoms with E-state index in [0.717, 1.165) is 38.9 Å². The van der Waals surface area contributed by atoms with Gasteiger partial charge in [-0.05, 0) is 25.3 Å². The maximum atomic E-state index is 12.1. The Balaban J connectivity index is 1.82. The van der Waals surface area contributed by atoms with Gasteiger partial charge in [0.1, 0.15) is 5.69 Å². The first-order valence-corrected chi connectivity index (χ1v) is 7.63. The fourth-order valence-corrected chi connectivity index (χ4v) is 2.65. The maximum Gasteiger partial charge on any atom is 0.267 e. The van der Waals surface area contributed by atoms with Gasteiger partial charge in [0.05, 0.1) is 5.69 Å². The van der Waals surface area contributed by atoms with Gasteiger partial charge in [0.2, 0.25) is 5.91 Å². The molecule has 116 valence electrons. The minimum Gasteiger partial charge on any atom is -0.397 e. The van der Waals surface area contributed by atoms with Crippen LogP contribution in [0.15, 0.2) is 12.3 Å². The van der Waals surface area contributed by atoms with Crippen molar-refractivity contribution in [1.82, 2.24) is 14.8 Å². The molecule has 0 radical (unpaired) electrons. The summed E-state index contributed by atoms with van der Waals surface area (Å²) in [5, 5.41) is 2.80. The number of nitrogens with one attached hydrogen (secondary N) is 1. The number of rotatable bonds is 6. The highest BCUT2D eigenvalue weighted by Gasteiger charge is 2.18. The number of hydrogen-bond donors (Lipinski definition) is 2. The lowest BCUT2D eigenvalue weighted by molar-refractivity contribution is -0.129. The van der Waals surface area contributed by atoms with Crippen molar-refractivity contribution in [2.24, 2.45) is 0 Å². The van der Waals surface area contributed by atoms with Gasteiger partial charge < -0.3 is 20.5 Å². The highest BCUT2D eigenvalue weighted by molar-refractivity contribution is 5.94. The summed E-state index contributed by atoms with van der Waals surface area (Å²) in [6, 6.07) is 1.67. The van der Waals surface area contributed by atoms with E-state index in [4.69, 9.17) is 5.73 Å². The van der Waals surface area contributed by atoms with Crippen LogP contribution < -0.4 is 11.1 Å². The van der Waals surface area contributed by atoms with E-state index in [-0.39, 0.29) is 11.8 Å². The molecule has 1 aliphatic rings. The topological polar surface area (TPSA) is 80.4 Å². The Hall–Kier alpha value is -1.98. The molecule has 2 amide bonds. The first kappa shape index (κ1) is 15.4. The summed E-state index contributed by atoms with van der Waals surface area (Å²) in [5.41, 5.74) is 6.89. The van der Waals surface area contributed by atoms with Crippen LogP contribution in [0.5, 0.6) is 0 Å². The number of anilines is 1. The molecule has 6 nitrogen and oxygen atoms in total. The van der Waals surface area contributed by atoms with Crippen LogP contribution in [0.2, 0.25) is 0 Å². The van der Waals surface area contributed by atoms with Gasteiger partial charge in [0.15, 0.2) is 0 Å². The Kier molecular flexibility index (Phi) is 5.25. The van der Waals surface area contributed by atoms with Crippen molar-refractivity contribution < 1.29 is 9.59 Å². The minimum atomic E-state index is -0.172. The third-order valence-electron chi connectivity index (χ3n) is 3.70. The Morgan fingerprint density at radius 2 is 2.05 bits per heavy atom. The predicted octanol–water partition coefficient (Wildman–Crippen LogP) is 1.22. The molecule has 21 heavy (non-hydrogen) atoms. The molecule has 1 aliphatic heterocycles. The van der Waals surface area contributed by atoms with E-state index in [9.17, 15) is 9.59 Å². The molecule has 1 aromatic rings. The second-order valence-corrected chi connectivity index (χ2v) is 5.45. The van der Waals surface area contributed by atoms with Crippen molar-refractivity contribution in [3.8, 4) is 0 Å². The molecule has 6 heteroatoms. The fraction of sp³-hybridized carbons (Fsp3) is 0.600. The quantitative estimate of drug-likeness (QED) is 0.827. The van der Waals surface area contributed by atoms with E-state index in [1.165, 1.54) is 0 Å². The number of aryl methyl sites for hydroxylation is 1. The SMILES string of the molecule is CCCn1cc(N)cc1C(=O)NCCC(=O)N1CCCC1. The first-order chi connectivity index (χ1) is 10.1. The van der Waals surface area contributed by atoms with Crippen LogP contribution in [-0.2, 0) is 11.3 Å². The summed E-state index contributed by atoms with van der Waals surface area (Å²) in [5.74, 6) is -0.0503. The molecule has 2 rings (SSSR count). The molecule has 0 bridgehead atoms. The Morgan fingerprint density at radius 3 is 2.71 bits per heavy atom. The van der Waals surface area contributed by atoms with E-state index in [1.54, 1.807) is 12.3 Å². The summed E-state index contributed by atoms with van der Waals surface area (Å²) in [6.07, 6.45) is 5.23. The second kappa shape index (κ2) is 7.15. The van der Waals surface area contributed by atoms with E-state index in [2.05, 4.69) is 5.32 Å². The van der Waals surface area contributed by atoms with Gasteiger partial charge in [-0.25, -0.2) is 0 Å². The lowest BCUT2D eigenvalue weighted by atomic mass is 10.3. The van der Waals surface area contributed by atoms with E-state index >= 15 is 0 Å². The number of aromatic nitrogens is 1. The van der Waals surface area contributed by atoms with Gasteiger partial charge in [0.25, 0.3) is 5.91 Å². The van der Waals surface area contributed by atoms with Crippen LogP contribution in [0.4, 0.5) is 5.69 Å². The van der Waals surface area contributed by atoms with E-state index in [0.29, 0.717) is 24.3 Å². The van der Waals surface area contributed by atoms with Gasteiger partial charge in [0, 0.05) is 38.8 Å². The highest BCUT2D eigenvalue weighted by Crippen LogP contribution is 2.12. The van der Waals surface area contributed by atoms with Crippen molar-refractivity contribution in [2.75, 3.05) is 25.4 Å². The number of carbonyl (C=O) groups is 2. The van der Waals surface area contributed by atoms with E-state index in [1.807, 2.05) is 16.4 Å². The molecule has 3 N–H and O–H groups in total. The molecular weight excluding hydrogens is 268 g/mol. The molecule has 1 fully saturated rings. The zero-order valence-electron chi connectivity index (χ0n) is 12.6. The number of amides is 2. The molecule has 1 aromatic heterocycles. The second-order valence-electron chi connectivity index (χ2n) is 5.45. The summed E-state index contributed by atoms with van der Waals surface area (Å²) in [6.45, 7) is 4.87. The number of carbonyl (C=O) groups excluding carboxylic acids is 2. The van der Waals surface area contributed by atoms with Crippen LogP contribution in [-0.4, -0.2) is 40.9 Å². The van der Waals surface area contributed by atoms with Crippen LogP contribution >= 0.6 is 0 Å². The molecular formula is C15H24N4O2. The van der Waals surface area contributed by atoms with Crippen molar-refractivity contribution in [2.45, 2.75) is 39.2 Å². The Bertz CT molecular complexity index is 504. The molecule has 0 unspecified atom stereocenters. The standard InChI is InChI=1S/C15H24N4O2/c1-2-7-19-11-12(16)10-13(19)15(21)17-6-5-14(20)18-8-3-4-9-18/h10-11H,2-9,16H2,1H3,(H,17,21). The highest BCUT2D eigenvalue weighted by atomic mass is 16.2. The average Bonchev–Trinajstić information content (AvgIpc) is 3.08. The molecule has 0 spiro atoms. The number of likely N-dealkylation sites (tertiary alicyclic amines) is 1. The van der Waals surface area contributed by atoms with Crippen LogP contribution in [0.1, 0.15) is 43.1 Å². The minimum absolute atomic E-state index is 0.122. The summed E-state index contributed by atoms with van der Waals surface area (Å²) >= 11 is 0. The largest absolute Gasteiger partial charge is 0.397 e. The monoisotopic (exact) mass is 292 g/mol. The van der Waals surface area contributed by atoms with Crippen LogP contribution in [0.3, 0.4) is 0 Å². The summed E-state index contributed by atoms with van der Waals surface area (Å²) in [4.78, 5) is 25.9. The van der Waals surface area contributed by atoms with Gasteiger partial charge in [-0.3, -0.25) is 9.59 Å². The molecule has 1 saturated heterocycles. The van der Waals surface area contributed by atoms with Crippen molar-refractivity contribution in [3.05, 3.63) is 18.0 Å². The Labute approximate surface area is 125 Å². The van der Waals surface area contributed by atoms with E-state index < -0.39 is 0 Å². The molecule has 2 heterocycles. The third-order valence-corrected chi connectivity index (χ3v) is 3.70. The summed E-state index contributed by atoms with van der Waals surface area (Å²) < 4.78 is 1.85. The van der Waals surface area contributed by atoms with Crippen molar-refractivity contribution in [3.63, 3.8) is 0 Å². The molecule has 0 saturated carbocycles. The van der Waals surface area contributed by atoms with Crippen molar-refractivity contribution in [1.29, 1.82) is 0 Å². The van der Waals surface area contributed by atoms with Crippen LogP contribution in [0, 0.1) is 0 Å². The zero-order chi connectivity index (χ0) is 15.2. The Morgan fingerprint density at radius 1 is 1.33 bits per heavy atom. The van der Waals surface area contributed by atoms with Gasteiger partial charge >= 0.3 is 0 Å². The van der Waals surface area contributed by atoms with Gasteiger partial charge in [-0.15, -0.1) is 0 Å². The first-order valence-electron chi connectivity index (χ1n) is 7.63. The van der Waals surface area contributed by atoms with Crippen LogP contribution in [0.25, 0.3) is 0 Å². The summed E-state index contributed by atoms with van der Waals surface area (Å²) in [7, 11) is 0. The lowest BCUT2D eigenvalue weighted by Crippen LogP contribution is -2.33. The predicted molar refractivity (Wildman–Crippen MR) is 81.9 cm³/mol. The van der Waals surface area contributed by atoms with Crippen molar-refractivity contribution >= 4 is 17.5 Å². The number of nitrogen functional groups attached to an aromatic ring is 1. The smallest absolute Gasteiger partial charge is 0.267 e. The molecule has 0 atom stereocenters. The lowest BCUT2D eigenvalue weighted by Gasteiger charge is -2.15. The fourth-order valence-electron chi connectivity index (χ4n) is 2.65. The number of nitrogens with two attached hydrogens (primary N) is 1. The van der Waals surface area contributed by atoms with Gasteiger partial charge in [-0.1, -0.05) is 6.92 Å². The normalized spacial score (nSPS) is 14.4. The molecule has 0 aliphatic carbocycles. The average molecular weight is 292 g/mol. The number of hydrogen-bond acceptors (Lipinski definition) is 3. The maximum absolute atomic E-state index is 12.1. The zero-order valence-corrected chi connectivity index (χ0v) is 12.6. The third kappa shape index (κ3) is 4.00. The molecule has 0 aromatic carbocycles. The number of nitrogens with zero attached hydrogens (tertiary/aromatic N) is 2.